The summed E-state index contributed by atoms with van der Waals surface area (Å²) in [6.07, 6.45) is 0. The number of rotatable bonds is 9. The van der Waals surface area contributed by atoms with Crippen molar-refractivity contribution in [3.05, 3.63) is 96.6 Å². The molecule has 3 aromatic rings. The molecule has 36 heavy (non-hydrogen) atoms. The number of nitrogens with zero attached hydrogens (tertiary/aromatic N) is 4. The monoisotopic (exact) mass is 486 g/mol. The van der Waals surface area contributed by atoms with E-state index in [2.05, 4.69) is 5.32 Å². The number of benzene rings is 3. The lowest BCUT2D eigenvalue weighted by atomic mass is 9.94. The summed E-state index contributed by atoms with van der Waals surface area (Å²) in [6, 6.07) is 28.2. The van der Waals surface area contributed by atoms with E-state index in [9.17, 15) is 9.59 Å². The van der Waals surface area contributed by atoms with Gasteiger partial charge < -0.3 is 5.32 Å². The average Bonchev–Trinajstić information content (AvgIpc) is 3.20. The lowest BCUT2D eigenvalue weighted by molar-refractivity contribution is -1.11. The van der Waals surface area contributed by atoms with Crippen molar-refractivity contribution in [2.75, 3.05) is 30.2 Å². The van der Waals surface area contributed by atoms with Gasteiger partial charge in [0, 0.05) is 12.5 Å². The van der Waals surface area contributed by atoms with Gasteiger partial charge in [-0.2, -0.15) is 14.9 Å². The van der Waals surface area contributed by atoms with Gasteiger partial charge in [0.05, 0.1) is 18.5 Å². The number of anilines is 2. The van der Waals surface area contributed by atoms with E-state index in [4.69, 9.17) is 9.94 Å². The summed E-state index contributed by atoms with van der Waals surface area (Å²) in [4.78, 5) is 33.7. The Hall–Kier alpha value is -4.01. The Bertz CT molecular complexity index is 1220. The van der Waals surface area contributed by atoms with Gasteiger partial charge in [0.1, 0.15) is 18.8 Å². The molecule has 8 heteroatoms. The topological polar surface area (TPSA) is 74.2 Å². The highest BCUT2D eigenvalue weighted by Crippen LogP contribution is 2.39. The molecule has 3 aromatic carbocycles. The van der Waals surface area contributed by atoms with E-state index in [1.165, 1.54) is 11.9 Å². The van der Waals surface area contributed by atoms with Gasteiger partial charge in [-0.3, -0.25) is 9.59 Å². The first-order chi connectivity index (χ1) is 17.4. The number of carbonyl (C=O) groups excluding carboxylic acids is 2. The fraction of sp³-hybridized carbons (Fsp3) is 0.250. The number of nitrogens with one attached hydrogen (secondary N) is 1. The first-order valence-electron chi connectivity index (χ1n) is 12.0. The summed E-state index contributed by atoms with van der Waals surface area (Å²) >= 11 is 0. The highest BCUT2D eigenvalue weighted by atomic mass is 16.8. The fourth-order valence-corrected chi connectivity index (χ4v) is 4.78. The maximum absolute atomic E-state index is 14.6. The van der Waals surface area contributed by atoms with Crippen LogP contribution >= 0.6 is 0 Å². The number of quaternary nitrogens is 1. The molecular formula is C28H32N5O3+. The second-order valence-corrected chi connectivity index (χ2v) is 8.47. The minimum atomic E-state index is -1.70. The summed E-state index contributed by atoms with van der Waals surface area (Å²) < 4.78 is -0.0650. The van der Waals surface area contributed by atoms with Crippen LogP contribution in [0.15, 0.2) is 96.1 Å². The number of hydroxylamine groups is 2. The van der Waals surface area contributed by atoms with Gasteiger partial charge in [0.25, 0.3) is 5.66 Å². The molecule has 1 N–H and O–H groups in total. The van der Waals surface area contributed by atoms with Crippen molar-refractivity contribution in [2.24, 2.45) is 5.10 Å². The lowest BCUT2D eigenvalue weighted by Crippen LogP contribution is -2.79. The van der Waals surface area contributed by atoms with Crippen LogP contribution in [0, 0.1) is 0 Å². The Labute approximate surface area is 211 Å². The van der Waals surface area contributed by atoms with E-state index < -0.39 is 11.6 Å². The van der Waals surface area contributed by atoms with Gasteiger partial charge in [-0.05, 0) is 38.1 Å². The standard InChI is InChI=1S/C28H31N5O3/c1-5-33(6-2,36-4)32(25-20-14-9-15-21-25)28(29-22(3)34)26(23-16-10-7-11-17-23)30-31(27(28)35)24-18-12-8-13-19-24/h7-21H,5-6H2,1-4H3/p+1. The molecule has 186 valence electrons. The number of carbonyl (C=O) groups is 2. The maximum atomic E-state index is 14.6. The van der Waals surface area contributed by atoms with Gasteiger partial charge in [0.15, 0.2) is 0 Å². The summed E-state index contributed by atoms with van der Waals surface area (Å²) in [5.41, 5.74) is 0.702. The normalized spacial score (nSPS) is 17.6. The number of amides is 2. The largest absolute Gasteiger partial charge is 0.316 e. The molecule has 0 aliphatic carbocycles. The molecule has 1 unspecified atom stereocenters. The molecule has 0 fully saturated rings. The predicted octanol–water partition coefficient (Wildman–Crippen LogP) is 4.11. The van der Waals surface area contributed by atoms with Crippen molar-refractivity contribution in [3.8, 4) is 0 Å². The molecule has 1 aliphatic rings. The Morgan fingerprint density at radius 1 is 0.944 bits per heavy atom. The zero-order valence-corrected chi connectivity index (χ0v) is 21.1. The zero-order valence-electron chi connectivity index (χ0n) is 21.1. The third-order valence-corrected chi connectivity index (χ3v) is 6.46. The maximum Gasteiger partial charge on any atom is 0.306 e. The van der Waals surface area contributed by atoms with Gasteiger partial charge in [-0.15, -0.1) is 5.01 Å². The first-order valence-corrected chi connectivity index (χ1v) is 12.0. The molecule has 4 rings (SSSR count). The molecule has 1 atom stereocenters. The quantitative estimate of drug-likeness (QED) is 0.281. The van der Waals surface area contributed by atoms with E-state index in [1.54, 1.807) is 7.11 Å². The smallest absolute Gasteiger partial charge is 0.306 e. The van der Waals surface area contributed by atoms with E-state index in [0.29, 0.717) is 35.7 Å². The van der Waals surface area contributed by atoms with Crippen molar-refractivity contribution in [3.63, 3.8) is 0 Å². The third kappa shape index (κ3) is 4.14. The van der Waals surface area contributed by atoms with Gasteiger partial charge >= 0.3 is 5.91 Å². The van der Waals surface area contributed by atoms with Crippen LogP contribution < -0.4 is 15.3 Å². The molecule has 0 radical (unpaired) electrons. The zero-order chi connectivity index (χ0) is 25.8. The molecule has 2 amide bonds. The first kappa shape index (κ1) is 25.1. The summed E-state index contributed by atoms with van der Waals surface area (Å²) in [7, 11) is 1.61. The van der Waals surface area contributed by atoms with Crippen LogP contribution in [0.1, 0.15) is 26.3 Å². The predicted molar refractivity (Wildman–Crippen MR) is 141 cm³/mol. The van der Waals surface area contributed by atoms with Gasteiger partial charge in [0.2, 0.25) is 5.91 Å². The van der Waals surface area contributed by atoms with Crippen LogP contribution in [-0.2, 0) is 14.4 Å². The molecule has 0 saturated carbocycles. The van der Waals surface area contributed by atoms with Crippen LogP contribution in [0.5, 0.6) is 0 Å². The molecule has 0 spiro atoms. The highest BCUT2D eigenvalue weighted by molar-refractivity contribution is 6.30. The van der Waals surface area contributed by atoms with Crippen molar-refractivity contribution in [1.29, 1.82) is 0 Å². The fourth-order valence-electron chi connectivity index (χ4n) is 4.78. The lowest BCUT2D eigenvalue weighted by Gasteiger charge is -2.49. The Kier molecular flexibility index (Phi) is 7.19. The van der Waals surface area contributed by atoms with Gasteiger partial charge in [-0.25, -0.2) is 0 Å². The van der Waals surface area contributed by atoms with Crippen molar-refractivity contribution in [1.82, 2.24) is 5.32 Å². The highest BCUT2D eigenvalue weighted by Gasteiger charge is 2.64. The summed E-state index contributed by atoms with van der Waals surface area (Å²) in [5, 5.41) is 11.1. The SMILES string of the molecule is CC[N+](CC)(OC)N(c1ccccc1)C1(NC(C)=O)C(=O)N(c2ccccc2)N=C1c1ccccc1. The minimum absolute atomic E-state index is 0.0650. The minimum Gasteiger partial charge on any atom is -0.316 e. The van der Waals surface area contributed by atoms with Crippen LogP contribution in [0.25, 0.3) is 0 Å². The Balaban J connectivity index is 2.09. The molecule has 8 nitrogen and oxygen atoms in total. The van der Waals surface area contributed by atoms with Crippen LogP contribution in [-0.4, -0.2) is 48.1 Å². The van der Waals surface area contributed by atoms with Gasteiger partial charge in [-0.1, -0.05) is 71.5 Å². The number of hydrazone groups is 1. The summed E-state index contributed by atoms with van der Waals surface area (Å²) in [6.45, 7) is 6.36. The second kappa shape index (κ2) is 10.3. The van der Waals surface area contributed by atoms with E-state index in [0.717, 1.165) is 0 Å². The number of hydrogen-bond donors (Lipinski definition) is 1. The van der Waals surface area contributed by atoms with E-state index in [1.807, 2.05) is 110 Å². The number of hydrogen-bond acceptors (Lipinski definition) is 5. The second-order valence-electron chi connectivity index (χ2n) is 8.47. The van der Waals surface area contributed by atoms with Crippen LogP contribution in [0.3, 0.4) is 0 Å². The van der Waals surface area contributed by atoms with Crippen molar-refractivity contribution < 1.29 is 19.2 Å². The Morgan fingerprint density at radius 3 is 1.97 bits per heavy atom. The van der Waals surface area contributed by atoms with Crippen molar-refractivity contribution in [2.45, 2.75) is 26.4 Å². The molecule has 1 aliphatic heterocycles. The van der Waals surface area contributed by atoms with Crippen LogP contribution in [0.4, 0.5) is 11.4 Å². The molecule has 0 saturated heterocycles. The average molecular weight is 487 g/mol. The van der Waals surface area contributed by atoms with Crippen molar-refractivity contribution >= 4 is 28.9 Å². The van der Waals surface area contributed by atoms with Crippen LogP contribution in [0.2, 0.25) is 0 Å². The molecule has 0 aromatic heterocycles. The summed E-state index contributed by atoms with van der Waals surface area (Å²) in [5.74, 6) is -0.780. The van der Waals surface area contributed by atoms with E-state index >= 15 is 0 Å². The van der Waals surface area contributed by atoms with E-state index in [-0.39, 0.29) is 10.7 Å². The molecular weight excluding hydrogens is 454 g/mol. The number of para-hydroxylation sites is 2. The molecule has 0 bridgehead atoms. The third-order valence-electron chi connectivity index (χ3n) is 6.46. The Morgan fingerprint density at radius 2 is 1.47 bits per heavy atom. The molecule has 1 heterocycles.